The Bertz CT molecular complexity index is 1380. The maximum Gasteiger partial charge on any atom is 0.416 e. The summed E-state index contributed by atoms with van der Waals surface area (Å²) in [7, 11) is -2.64. The first-order valence-corrected chi connectivity index (χ1v) is 11.6. The summed E-state index contributed by atoms with van der Waals surface area (Å²) in [5, 5.41) is 9.17. The lowest BCUT2D eigenvalue weighted by atomic mass is 9.92. The number of likely N-dealkylation sites (N-methyl/N-ethyl adjacent to an activating group) is 1. The van der Waals surface area contributed by atoms with Crippen LogP contribution in [0.15, 0.2) is 58.6 Å². The molecule has 0 radical (unpaired) electrons. The van der Waals surface area contributed by atoms with E-state index in [1.165, 1.54) is 32.2 Å². The number of primary amides is 1. The molecular weight excluding hydrogens is 473 g/mol. The number of allylic oxidation sites excluding steroid dienone is 1. The minimum atomic E-state index is -4.67. The second-order valence-corrected chi connectivity index (χ2v) is 9.66. The minimum absolute atomic E-state index is 0.0224. The van der Waals surface area contributed by atoms with Gasteiger partial charge in [-0.25, -0.2) is 13.2 Å². The van der Waals surface area contributed by atoms with Gasteiger partial charge in [0, 0.05) is 19.0 Å². The highest BCUT2D eigenvalue weighted by atomic mass is 32.2. The SMILES string of the molecule is CC1=C(C(N)=O)[C@@H](c2ccc(C#N)cc2S(C)(=O)=O)N(C)C(=O)N1c1cccc(C(F)(F)F)c1. The largest absolute Gasteiger partial charge is 0.416 e. The van der Waals surface area contributed by atoms with Crippen molar-refractivity contribution in [2.45, 2.75) is 24.0 Å². The normalized spacial score (nSPS) is 17.1. The van der Waals surface area contributed by atoms with Crippen molar-refractivity contribution in [3.8, 4) is 6.07 Å². The van der Waals surface area contributed by atoms with Crippen LogP contribution in [-0.2, 0) is 20.8 Å². The summed E-state index contributed by atoms with van der Waals surface area (Å²) in [6.07, 6.45) is -3.76. The Balaban J connectivity index is 2.30. The molecule has 1 aliphatic rings. The van der Waals surface area contributed by atoms with E-state index in [9.17, 15) is 31.2 Å². The van der Waals surface area contributed by atoms with Gasteiger partial charge in [-0.1, -0.05) is 12.1 Å². The lowest BCUT2D eigenvalue weighted by Crippen LogP contribution is -2.50. The standard InChI is InChI=1S/C22H19F3N4O4S/c1-12-18(20(27)30)19(16-8-7-13(11-26)9-17(16)34(3,32)33)28(2)21(31)29(12)15-6-4-5-14(10-15)22(23,24)25/h4-10,19H,1-3H3,(H2,27,30)/t19-/m1/s1. The molecule has 0 aliphatic carbocycles. The van der Waals surface area contributed by atoms with Crippen molar-refractivity contribution in [3.63, 3.8) is 0 Å². The molecule has 3 rings (SSSR count). The molecule has 1 atom stereocenters. The molecule has 8 nitrogen and oxygen atoms in total. The van der Waals surface area contributed by atoms with Crippen LogP contribution in [0.25, 0.3) is 0 Å². The molecule has 3 amide bonds. The molecular formula is C22H19F3N4O4S. The predicted molar refractivity (Wildman–Crippen MR) is 116 cm³/mol. The van der Waals surface area contributed by atoms with Gasteiger partial charge in [-0.05, 0) is 42.8 Å². The summed E-state index contributed by atoms with van der Waals surface area (Å²) >= 11 is 0. The molecule has 0 unspecified atom stereocenters. The summed E-state index contributed by atoms with van der Waals surface area (Å²) in [6, 6.07) is 7.51. The Morgan fingerprint density at radius 1 is 1.18 bits per heavy atom. The summed E-state index contributed by atoms with van der Waals surface area (Å²) in [5.41, 5.74) is 4.28. The fourth-order valence-electron chi connectivity index (χ4n) is 3.88. The number of carbonyl (C=O) groups is 2. The first kappa shape index (κ1) is 24.8. The number of hydrogen-bond donors (Lipinski definition) is 1. The van der Waals surface area contributed by atoms with Gasteiger partial charge in [0.1, 0.15) is 0 Å². The van der Waals surface area contributed by atoms with E-state index >= 15 is 0 Å². The third-order valence-electron chi connectivity index (χ3n) is 5.41. The molecule has 2 N–H and O–H groups in total. The first-order valence-electron chi connectivity index (χ1n) is 9.67. The number of nitriles is 1. The maximum atomic E-state index is 13.3. The van der Waals surface area contributed by atoms with Crippen molar-refractivity contribution >= 4 is 27.5 Å². The molecule has 1 aliphatic heterocycles. The molecule has 0 aromatic heterocycles. The van der Waals surface area contributed by atoms with Crippen LogP contribution >= 0.6 is 0 Å². The molecule has 0 bridgehead atoms. The van der Waals surface area contributed by atoms with E-state index in [-0.39, 0.29) is 33.0 Å². The third kappa shape index (κ3) is 4.34. The Labute approximate surface area is 193 Å². The van der Waals surface area contributed by atoms with Crippen LogP contribution in [0.5, 0.6) is 0 Å². The van der Waals surface area contributed by atoms with Gasteiger partial charge in [0.25, 0.3) is 0 Å². The number of alkyl halides is 3. The van der Waals surface area contributed by atoms with Crippen molar-refractivity contribution < 1.29 is 31.2 Å². The van der Waals surface area contributed by atoms with E-state index in [2.05, 4.69) is 0 Å². The van der Waals surface area contributed by atoms with E-state index < -0.39 is 39.6 Å². The number of benzene rings is 2. The van der Waals surface area contributed by atoms with Crippen LogP contribution in [0.2, 0.25) is 0 Å². The van der Waals surface area contributed by atoms with Gasteiger partial charge in [-0.3, -0.25) is 9.69 Å². The van der Waals surface area contributed by atoms with Crippen LogP contribution < -0.4 is 10.6 Å². The Morgan fingerprint density at radius 2 is 1.82 bits per heavy atom. The number of amides is 3. The van der Waals surface area contributed by atoms with Crippen molar-refractivity contribution in [2.24, 2.45) is 5.73 Å². The van der Waals surface area contributed by atoms with Crippen LogP contribution in [0, 0.1) is 11.3 Å². The van der Waals surface area contributed by atoms with Crippen molar-refractivity contribution in [3.05, 3.63) is 70.4 Å². The number of sulfone groups is 1. The molecule has 34 heavy (non-hydrogen) atoms. The summed E-state index contributed by atoms with van der Waals surface area (Å²) in [6.45, 7) is 1.34. The Kier molecular flexibility index (Phi) is 6.19. The maximum absolute atomic E-state index is 13.3. The highest BCUT2D eigenvalue weighted by molar-refractivity contribution is 7.90. The van der Waals surface area contributed by atoms with Gasteiger partial charge in [0.05, 0.1) is 39.4 Å². The van der Waals surface area contributed by atoms with Crippen LogP contribution in [0.1, 0.15) is 29.7 Å². The highest BCUT2D eigenvalue weighted by Crippen LogP contribution is 2.41. The number of hydrogen-bond acceptors (Lipinski definition) is 5. The Hall–Kier alpha value is -3.85. The molecule has 2 aromatic carbocycles. The van der Waals surface area contributed by atoms with E-state index in [0.717, 1.165) is 40.3 Å². The molecule has 0 spiro atoms. The van der Waals surface area contributed by atoms with E-state index in [0.29, 0.717) is 0 Å². The first-order chi connectivity index (χ1) is 15.7. The van der Waals surface area contributed by atoms with Gasteiger partial charge < -0.3 is 10.6 Å². The summed E-state index contributed by atoms with van der Waals surface area (Å²) < 4.78 is 64.6. The highest BCUT2D eigenvalue weighted by Gasteiger charge is 2.42. The monoisotopic (exact) mass is 492 g/mol. The fourth-order valence-corrected chi connectivity index (χ4v) is 4.83. The van der Waals surface area contributed by atoms with Gasteiger partial charge in [-0.15, -0.1) is 0 Å². The minimum Gasteiger partial charge on any atom is -0.366 e. The molecule has 1 heterocycles. The van der Waals surface area contributed by atoms with E-state index in [1.54, 1.807) is 0 Å². The van der Waals surface area contributed by atoms with Crippen LogP contribution in [-0.4, -0.2) is 38.6 Å². The van der Waals surface area contributed by atoms with Crippen molar-refractivity contribution in [2.75, 3.05) is 18.2 Å². The van der Waals surface area contributed by atoms with Crippen LogP contribution in [0.4, 0.5) is 23.7 Å². The summed E-state index contributed by atoms with van der Waals surface area (Å²) in [4.78, 5) is 27.5. The predicted octanol–water partition coefficient (Wildman–Crippen LogP) is 3.35. The zero-order valence-corrected chi connectivity index (χ0v) is 19.0. The second kappa shape index (κ2) is 8.49. The smallest absolute Gasteiger partial charge is 0.366 e. The quantitative estimate of drug-likeness (QED) is 0.701. The summed E-state index contributed by atoms with van der Waals surface area (Å²) in [5.74, 6) is -0.998. The van der Waals surface area contributed by atoms with E-state index in [4.69, 9.17) is 11.0 Å². The zero-order valence-electron chi connectivity index (χ0n) is 18.2. The fraction of sp³-hybridized carbons (Fsp3) is 0.227. The average Bonchev–Trinajstić information content (AvgIpc) is 2.74. The third-order valence-corrected chi connectivity index (χ3v) is 6.57. The van der Waals surface area contributed by atoms with Crippen molar-refractivity contribution in [1.82, 2.24) is 4.90 Å². The number of carbonyl (C=O) groups excluding carboxylic acids is 2. The molecule has 0 saturated carbocycles. The second-order valence-electron chi connectivity index (χ2n) is 7.68. The molecule has 0 saturated heterocycles. The van der Waals surface area contributed by atoms with Crippen molar-refractivity contribution in [1.29, 1.82) is 5.26 Å². The van der Waals surface area contributed by atoms with Gasteiger partial charge in [-0.2, -0.15) is 18.4 Å². The molecule has 0 fully saturated rings. The van der Waals surface area contributed by atoms with Crippen LogP contribution in [0.3, 0.4) is 0 Å². The average molecular weight is 492 g/mol. The molecule has 12 heteroatoms. The number of rotatable bonds is 4. The van der Waals surface area contributed by atoms with Gasteiger partial charge >= 0.3 is 12.2 Å². The number of nitrogens with two attached hydrogens (primary N) is 1. The van der Waals surface area contributed by atoms with E-state index in [1.807, 2.05) is 6.07 Å². The molecule has 2 aromatic rings. The number of nitrogens with zero attached hydrogens (tertiary/aromatic N) is 3. The zero-order chi connectivity index (χ0) is 25.6. The lowest BCUT2D eigenvalue weighted by Gasteiger charge is -2.41. The van der Waals surface area contributed by atoms with Gasteiger partial charge in [0.15, 0.2) is 9.84 Å². The molecule has 178 valence electrons. The number of halogens is 3. The Morgan fingerprint density at radius 3 is 2.35 bits per heavy atom. The van der Waals surface area contributed by atoms with Gasteiger partial charge in [0.2, 0.25) is 5.91 Å². The topological polar surface area (TPSA) is 125 Å². The number of urea groups is 1. The lowest BCUT2D eigenvalue weighted by molar-refractivity contribution is -0.137. The number of anilines is 1.